The first-order valence-corrected chi connectivity index (χ1v) is 6.54. The third-order valence-electron chi connectivity index (χ3n) is 2.15. The molecular weight excluding hydrogens is 314 g/mol. The van der Waals surface area contributed by atoms with Gasteiger partial charge in [-0.1, -0.05) is 15.9 Å². The number of hydrogen-bond acceptors (Lipinski definition) is 3. The Labute approximate surface area is 121 Å². The molecule has 0 radical (unpaired) electrons. The highest BCUT2D eigenvalue weighted by molar-refractivity contribution is 9.10. The summed E-state index contributed by atoms with van der Waals surface area (Å²) in [6, 6.07) is 5.11. The fraction of sp³-hybridized carbons (Fsp3) is 0.333. The molecule has 6 heteroatoms. The highest BCUT2D eigenvalue weighted by Gasteiger charge is 2.21. The Kier molecular flexibility index (Phi) is 4.70. The van der Waals surface area contributed by atoms with Gasteiger partial charge in [0.15, 0.2) is 5.11 Å². The van der Waals surface area contributed by atoms with Crippen molar-refractivity contribution in [2.45, 2.75) is 26.3 Å². The fourth-order valence-corrected chi connectivity index (χ4v) is 2.01. The van der Waals surface area contributed by atoms with E-state index in [1.807, 2.05) is 20.8 Å². The Morgan fingerprint density at radius 3 is 2.61 bits per heavy atom. The maximum Gasteiger partial charge on any atom is 0.187 e. The fourth-order valence-electron chi connectivity index (χ4n) is 1.31. The van der Waals surface area contributed by atoms with Gasteiger partial charge in [-0.05, 0) is 51.2 Å². The lowest BCUT2D eigenvalue weighted by Crippen LogP contribution is -2.44. The number of nitrogens with zero attached hydrogens (tertiary/aromatic N) is 2. The predicted octanol–water partition coefficient (Wildman–Crippen LogP) is 2.83. The number of aromatic hydroxyl groups is 1. The van der Waals surface area contributed by atoms with Gasteiger partial charge in [-0.15, -0.1) is 0 Å². The van der Waals surface area contributed by atoms with Crippen LogP contribution in [-0.2, 0) is 0 Å². The van der Waals surface area contributed by atoms with Crippen molar-refractivity contribution in [1.29, 1.82) is 0 Å². The third kappa shape index (κ3) is 3.96. The first kappa shape index (κ1) is 14.9. The van der Waals surface area contributed by atoms with Gasteiger partial charge < -0.3 is 10.8 Å². The van der Waals surface area contributed by atoms with Gasteiger partial charge in [0.25, 0.3) is 0 Å². The molecule has 0 bridgehead atoms. The largest absolute Gasteiger partial charge is 0.507 e. The monoisotopic (exact) mass is 329 g/mol. The van der Waals surface area contributed by atoms with Gasteiger partial charge in [0.05, 0.1) is 11.8 Å². The van der Waals surface area contributed by atoms with Crippen LogP contribution in [0, 0.1) is 0 Å². The Hall–Kier alpha value is -1.14. The van der Waals surface area contributed by atoms with Crippen molar-refractivity contribution in [2.75, 3.05) is 0 Å². The molecule has 0 amide bonds. The van der Waals surface area contributed by atoms with Gasteiger partial charge in [0.2, 0.25) is 0 Å². The van der Waals surface area contributed by atoms with E-state index in [9.17, 15) is 5.11 Å². The second-order valence-electron chi connectivity index (χ2n) is 4.77. The molecule has 0 spiro atoms. The molecule has 0 unspecified atom stereocenters. The summed E-state index contributed by atoms with van der Waals surface area (Å²) in [4.78, 5) is 0. The van der Waals surface area contributed by atoms with Crippen LogP contribution in [0.3, 0.4) is 0 Å². The lowest BCUT2D eigenvalue weighted by atomic mass is 10.1. The summed E-state index contributed by atoms with van der Waals surface area (Å²) in [5.41, 5.74) is 5.90. The van der Waals surface area contributed by atoms with Crippen molar-refractivity contribution in [3.05, 3.63) is 28.2 Å². The van der Waals surface area contributed by atoms with Crippen LogP contribution in [0.25, 0.3) is 0 Å². The van der Waals surface area contributed by atoms with Crippen LogP contribution in [0.1, 0.15) is 26.3 Å². The number of hydrogen-bond donors (Lipinski definition) is 2. The zero-order valence-electron chi connectivity index (χ0n) is 10.5. The van der Waals surface area contributed by atoms with E-state index in [1.165, 1.54) is 11.2 Å². The summed E-state index contributed by atoms with van der Waals surface area (Å²) in [5.74, 6) is 0.152. The van der Waals surface area contributed by atoms with Gasteiger partial charge in [-0.25, -0.2) is 5.01 Å². The number of thiocarbonyl (C=S) groups is 1. The first-order chi connectivity index (χ1) is 8.21. The summed E-state index contributed by atoms with van der Waals surface area (Å²) in [5, 5.41) is 15.6. The normalized spacial score (nSPS) is 11.8. The number of phenols is 1. The second-order valence-corrected chi connectivity index (χ2v) is 6.10. The minimum atomic E-state index is -0.316. The second kappa shape index (κ2) is 5.67. The van der Waals surface area contributed by atoms with Crippen molar-refractivity contribution >= 4 is 39.5 Å². The van der Waals surface area contributed by atoms with Crippen LogP contribution in [0.5, 0.6) is 5.75 Å². The Morgan fingerprint density at radius 1 is 1.50 bits per heavy atom. The average Bonchev–Trinajstić information content (AvgIpc) is 2.20. The van der Waals surface area contributed by atoms with E-state index in [2.05, 4.69) is 21.0 Å². The molecule has 0 aliphatic rings. The molecular formula is C12H16BrN3OS. The zero-order chi connectivity index (χ0) is 13.9. The van der Waals surface area contributed by atoms with Crippen LogP contribution >= 0.6 is 28.1 Å². The van der Waals surface area contributed by atoms with Crippen molar-refractivity contribution in [1.82, 2.24) is 5.01 Å². The van der Waals surface area contributed by atoms with E-state index in [0.717, 1.165) is 4.47 Å². The minimum Gasteiger partial charge on any atom is -0.507 e. The first-order valence-electron chi connectivity index (χ1n) is 5.34. The third-order valence-corrected chi connectivity index (χ3v) is 2.81. The highest BCUT2D eigenvalue weighted by atomic mass is 79.9. The van der Waals surface area contributed by atoms with Gasteiger partial charge in [-0.3, -0.25) is 0 Å². The summed E-state index contributed by atoms with van der Waals surface area (Å²) in [6.07, 6.45) is 1.53. The maximum atomic E-state index is 9.69. The van der Waals surface area contributed by atoms with Crippen molar-refractivity contribution < 1.29 is 5.11 Å². The number of hydrazone groups is 1. The topological polar surface area (TPSA) is 61.8 Å². The molecule has 3 N–H and O–H groups in total. The van der Waals surface area contributed by atoms with E-state index >= 15 is 0 Å². The van der Waals surface area contributed by atoms with Crippen LogP contribution in [0.2, 0.25) is 0 Å². The molecule has 1 aromatic rings. The van der Waals surface area contributed by atoms with Crippen LogP contribution in [0.15, 0.2) is 27.8 Å². The van der Waals surface area contributed by atoms with E-state index in [1.54, 1.807) is 18.2 Å². The van der Waals surface area contributed by atoms with Gasteiger partial charge in [0.1, 0.15) is 5.75 Å². The summed E-state index contributed by atoms with van der Waals surface area (Å²) in [7, 11) is 0. The lowest BCUT2D eigenvalue weighted by molar-refractivity contribution is 0.250. The molecule has 0 heterocycles. The van der Waals surface area contributed by atoms with Gasteiger partial charge in [0, 0.05) is 10.0 Å². The molecule has 1 rings (SSSR count). The highest BCUT2D eigenvalue weighted by Crippen LogP contribution is 2.21. The summed E-state index contributed by atoms with van der Waals surface area (Å²) >= 11 is 8.29. The number of nitrogens with two attached hydrogens (primary N) is 1. The Morgan fingerprint density at radius 2 is 2.11 bits per heavy atom. The Balaban J connectivity index is 3.04. The smallest absolute Gasteiger partial charge is 0.187 e. The molecule has 4 nitrogen and oxygen atoms in total. The van der Waals surface area contributed by atoms with Gasteiger partial charge in [-0.2, -0.15) is 5.10 Å². The van der Waals surface area contributed by atoms with E-state index in [-0.39, 0.29) is 16.4 Å². The van der Waals surface area contributed by atoms with Crippen LogP contribution < -0.4 is 5.73 Å². The van der Waals surface area contributed by atoms with E-state index in [0.29, 0.717) is 5.56 Å². The number of rotatable bonds is 2. The van der Waals surface area contributed by atoms with Crippen LogP contribution in [0.4, 0.5) is 0 Å². The van der Waals surface area contributed by atoms with E-state index in [4.69, 9.17) is 18.0 Å². The van der Waals surface area contributed by atoms with Crippen molar-refractivity contribution in [3.8, 4) is 5.75 Å². The van der Waals surface area contributed by atoms with Crippen molar-refractivity contribution in [2.24, 2.45) is 10.8 Å². The molecule has 0 atom stereocenters. The molecule has 98 valence electrons. The summed E-state index contributed by atoms with van der Waals surface area (Å²) in [6.45, 7) is 5.85. The summed E-state index contributed by atoms with van der Waals surface area (Å²) < 4.78 is 0.861. The zero-order valence-corrected chi connectivity index (χ0v) is 12.9. The predicted molar refractivity (Wildman–Crippen MR) is 81.8 cm³/mol. The molecule has 0 saturated heterocycles. The number of halogens is 1. The standard InChI is InChI=1S/C12H16BrN3OS/c1-12(2,3)16(11(14)18)15-7-8-6-9(13)4-5-10(8)17/h4-7,17H,1-3H3,(H2,14,18)/b15-7+. The number of benzene rings is 1. The molecule has 0 fully saturated rings. The molecule has 1 aromatic carbocycles. The van der Waals surface area contributed by atoms with Gasteiger partial charge >= 0.3 is 0 Å². The SMILES string of the molecule is CC(C)(C)N(/N=C/c1cc(Br)ccc1O)C(N)=S. The van der Waals surface area contributed by atoms with Crippen molar-refractivity contribution in [3.63, 3.8) is 0 Å². The van der Waals surface area contributed by atoms with Crippen LogP contribution in [-0.4, -0.2) is 27.0 Å². The average molecular weight is 330 g/mol. The molecule has 0 aromatic heterocycles. The molecule has 0 saturated carbocycles. The molecule has 18 heavy (non-hydrogen) atoms. The quantitative estimate of drug-likeness (QED) is 0.497. The Bertz CT molecular complexity index is 483. The van der Waals surface area contributed by atoms with E-state index < -0.39 is 0 Å². The maximum absolute atomic E-state index is 9.69. The lowest BCUT2D eigenvalue weighted by Gasteiger charge is -2.31. The number of phenolic OH excluding ortho intramolecular Hbond substituents is 1. The molecule has 0 aliphatic carbocycles. The molecule has 0 aliphatic heterocycles. The minimum absolute atomic E-state index is 0.152.